The second-order valence-corrected chi connectivity index (χ2v) is 5.63. The van der Waals surface area contributed by atoms with Crippen molar-refractivity contribution in [3.63, 3.8) is 0 Å². The fourth-order valence-corrected chi connectivity index (χ4v) is 2.44. The maximum Gasteiger partial charge on any atom is 0.238 e. The molecule has 2 N–H and O–H groups in total. The summed E-state index contributed by atoms with van der Waals surface area (Å²) in [5.74, 6) is 0.761. The first kappa shape index (κ1) is 14.4. The normalized spacial score (nSPS) is 11.3. The van der Waals surface area contributed by atoms with E-state index in [0.717, 1.165) is 0 Å². The smallest absolute Gasteiger partial charge is 0.238 e. The molecule has 108 valence electrons. The van der Waals surface area contributed by atoms with Gasteiger partial charge in [0.05, 0.1) is 25.7 Å². The van der Waals surface area contributed by atoms with Crippen LogP contribution < -0.4 is 14.6 Å². The average Bonchev–Trinajstić information content (AvgIpc) is 2.89. The first-order chi connectivity index (χ1) is 9.45. The largest absolute Gasteiger partial charge is 0.493 e. The van der Waals surface area contributed by atoms with E-state index in [1.807, 2.05) is 0 Å². The van der Waals surface area contributed by atoms with Crippen molar-refractivity contribution in [3.05, 3.63) is 36.2 Å². The molecule has 0 spiro atoms. The maximum absolute atomic E-state index is 11.5. The van der Waals surface area contributed by atoms with Crippen LogP contribution in [0.5, 0.6) is 11.5 Å². The highest BCUT2D eigenvalue weighted by Crippen LogP contribution is 2.34. The highest BCUT2D eigenvalue weighted by Gasteiger charge is 2.18. The molecule has 0 aliphatic heterocycles. The minimum atomic E-state index is -3.83. The van der Waals surface area contributed by atoms with Gasteiger partial charge in [-0.05, 0) is 12.1 Å². The molecular weight excluding hydrogens is 282 g/mol. The molecule has 0 saturated heterocycles. The molecular formula is C12H15N3O4S. The van der Waals surface area contributed by atoms with Gasteiger partial charge in [0.2, 0.25) is 10.0 Å². The van der Waals surface area contributed by atoms with Crippen LogP contribution >= 0.6 is 0 Å². The molecule has 0 bridgehead atoms. The van der Waals surface area contributed by atoms with E-state index in [2.05, 4.69) is 5.10 Å². The number of benzene rings is 1. The van der Waals surface area contributed by atoms with Gasteiger partial charge in [0.25, 0.3) is 0 Å². The van der Waals surface area contributed by atoms with Gasteiger partial charge in [0.1, 0.15) is 0 Å². The number of methoxy groups -OCH3 is 2. The third-order valence-electron chi connectivity index (χ3n) is 2.75. The van der Waals surface area contributed by atoms with E-state index in [9.17, 15) is 8.42 Å². The quantitative estimate of drug-likeness (QED) is 0.871. The Hall–Kier alpha value is -2.06. The van der Waals surface area contributed by atoms with Crippen LogP contribution in [-0.4, -0.2) is 32.4 Å². The summed E-state index contributed by atoms with van der Waals surface area (Å²) < 4.78 is 35.1. The zero-order chi connectivity index (χ0) is 14.8. The van der Waals surface area contributed by atoms with E-state index in [1.165, 1.54) is 26.4 Å². The molecule has 0 aliphatic rings. The molecule has 0 unspecified atom stereocenters. The molecule has 2 rings (SSSR count). The molecule has 0 saturated carbocycles. The zero-order valence-electron chi connectivity index (χ0n) is 11.1. The molecule has 0 fully saturated rings. The Morgan fingerprint density at radius 1 is 1.30 bits per heavy atom. The van der Waals surface area contributed by atoms with E-state index >= 15 is 0 Å². The monoisotopic (exact) mass is 297 g/mol. The summed E-state index contributed by atoms with van der Waals surface area (Å²) in [5, 5.41) is 9.24. The lowest BCUT2D eigenvalue weighted by Gasteiger charge is -2.14. The Balaban J connectivity index is 2.57. The van der Waals surface area contributed by atoms with Crippen LogP contribution in [0.2, 0.25) is 0 Å². The fourth-order valence-electron chi connectivity index (χ4n) is 1.87. The van der Waals surface area contributed by atoms with Crippen LogP contribution in [0.4, 0.5) is 0 Å². The zero-order valence-corrected chi connectivity index (χ0v) is 11.9. The molecule has 1 aromatic carbocycles. The van der Waals surface area contributed by atoms with E-state index in [1.54, 1.807) is 23.1 Å². The minimum absolute atomic E-state index is 0.0303. The van der Waals surface area contributed by atoms with Gasteiger partial charge in [0.15, 0.2) is 11.5 Å². The van der Waals surface area contributed by atoms with Gasteiger partial charge in [-0.25, -0.2) is 13.6 Å². The lowest BCUT2D eigenvalue weighted by molar-refractivity contribution is 0.349. The summed E-state index contributed by atoms with van der Waals surface area (Å²) >= 11 is 0. The summed E-state index contributed by atoms with van der Waals surface area (Å²) in [7, 11) is -0.907. The van der Waals surface area contributed by atoms with Crippen molar-refractivity contribution in [1.82, 2.24) is 9.78 Å². The molecule has 0 atom stereocenters. The summed E-state index contributed by atoms with van der Waals surface area (Å²) in [6.45, 7) is 0.343. The third kappa shape index (κ3) is 2.91. The van der Waals surface area contributed by atoms with Gasteiger partial charge < -0.3 is 9.47 Å². The number of rotatable bonds is 5. The van der Waals surface area contributed by atoms with E-state index in [-0.39, 0.29) is 4.90 Å². The molecule has 2 aromatic rings. The Labute approximate surface area is 117 Å². The van der Waals surface area contributed by atoms with Gasteiger partial charge in [-0.1, -0.05) is 0 Å². The van der Waals surface area contributed by atoms with Gasteiger partial charge in [-0.3, -0.25) is 4.68 Å². The number of hydrogen-bond acceptors (Lipinski definition) is 5. The Kier molecular flexibility index (Phi) is 3.96. The minimum Gasteiger partial charge on any atom is -0.493 e. The molecule has 0 amide bonds. The van der Waals surface area contributed by atoms with Crippen LogP contribution in [-0.2, 0) is 16.6 Å². The number of nitrogens with two attached hydrogens (primary N) is 1. The summed E-state index contributed by atoms with van der Waals surface area (Å²) in [6.07, 6.45) is 3.39. The highest BCUT2D eigenvalue weighted by atomic mass is 32.2. The molecule has 1 heterocycles. The lowest BCUT2D eigenvalue weighted by Crippen LogP contribution is -2.14. The van der Waals surface area contributed by atoms with Crippen molar-refractivity contribution in [1.29, 1.82) is 0 Å². The number of hydrogen-bond donors (Lipinski definition) is 1. The molecule has 1 aromatic heterocycles. The summed E-state index contributed by atoms with van der Waals surface area (Å²) in [5.41, 5.74) is 0.611. The van der Waals surface area contributed by atoms with Crippen LogP contribution in [0.1, 0.15) is 5.56 Å². The number of aromatic nitrogens is 2. The fraction of sp³-hybridized carbons (Fsp3) is 0.250. The van der Waals surface area contributed by atoms with Gasteiger partial charge in [-0.2, -0.15) is 5.10 Å². The van der Waals surface area contributed by atoms with Gasteiger partial charge in [0, 0.05) is 24.0 Å². The van der Waals surface area contributed by atoms with Crippen molar-refractivity contribution >= 4 is 10.0 Å². The third-order valence-corrected chi connectivity index (χ3v) is 3.64. The average molecular weight is 297 g/mol. The van der Waals surface area contributed by atoms with Crippen molar-refractivity contribution < 1.29 is 17.9 Å². The first-order valence-electron chi connectivity index (χ1n) is 5.71. The van der Waals surface area contributed by atoms with Crippen molar-refractivity contribution in [2.24, 2.45) is 5.14 Å². The molecule has 0 aliphatic carbocycles. The van der Waals surface area contributed by atoms with Crippen molar-refractivity contribution in [2.45, 2.75) is 11.4 Å². The number of sulfonamides is 1. The predicted octanol–water partition coefficient (Wildman–Crippen LogP) is 0.596. The Morgan fingerprint density at radius 3 is 2.55 bits per heavy atom. The predicted molar refractivity (Wildman–Crippen MR) is 72.2 cm³/mol. The molecule has 8 heteroatoms. The molecule has 7 nitrogen and oxygen atoms in total. The van der Waals surface area contributed by atoms with Gasteiger partial charge >= 0.3 is 0 Å². The van der Waals surface area contributed by atoms with E-state index in [4.69, 9.17) is 14.6 Å². The second-order valence-electron chi connectivity index (χ2n) is 4.07. The number of primary sulfonamides is 1. The number of nitrogens with zero attached hydrogens (tertiary/aromatic N) is 2. The summed E-state index contributed by atoms with van der Waals surface area (Å²) in [6, 6.07) is 4.56. The maximum atomic E-state index is 11.5. The second kappa shape index (κ2) is 5.51. The topological polar surface area (TPSA) is 96.4 Å². The Bertz CT molecular complexity index is 696. The first-order valence-corrected chi connectivity index (χ1v) is 7.25. The summed E-state index contributed by atoms with van der Waals surface area (Å²) in [4.78, 5) is -0.0303. The molecule has 20 heavy (non-hydrogen) atoms. The lowest BCUT2D eigenvalue weighted by atomic mass is 10.2. The van der Waals surface area contributed by atoms with Crippen LogP contribution in [0.15, 0.2) is 35.5 Å². The van der Waals surface area contributed by atoms with Gasteiger partial charge in [-0.15, -0.1) is 0 Å². The standard InChI is InChI=1S/C12H15N3O4S/c1-18-11-7-10(20(13,16)17)6-9(12(11)19-2)8-15-5-3-4-14-15/h3-7H,8H2,1-2H3,(H2,13,16,17). The number of ether oxygens (including phenoxy) is 2. The van der Waals surface area contributed by atoms with Crippen molar-refractivity contribution in [2.75, 3.05) is 14.2 Å². The molecule has 0 radical (unpaired) electrons. The highest BCUT2D eigenvalue weighted by molar-refractivity contribution is 7.89. The van der Waals surface area contributed by atoms with E-state index in [0.29, 0.717) is 23.6 Å². The van der Waals surface area contributed by atoms with Crippen LogP contribution in [0.25, 0.3) is 0 Å². The van der Waals surface area contributed by atoms with Crippen molar-refractivity contribution in [3.8, 4) is 11.5 Å². The SMILES string of the molecule is COc1cc(S(N)(=O)=O)cc(Cn2cccn2)c1OC. The Morgan fingerprint density at radius 2 is 2.05 bits per heavy atom. The van der Waals surface area contributed by atoms with E-state index < -0.39 is 10.0 Å². The van der Waals surface area contributed by atoms with Crippen LogP contribution in [0, 0.1) is 0 Å². The van der Waals surface area contributed by atoms with Crippen LogP contribution in [0.3, 0.4) is 0 Å².